The molecular weight excluding hydrogens is 304 g/mol. The van der Waals surface area contributed by atoms with E-state index >= 15 is 0 Å². The number of hydrogen-bond acceptors (Lipinski definition) is 4. The highest BCUT2D eigenvalue weighted by Crippen LogP contribution is 2.18. The second-order valence-electron chi connectivity index (χ2n) is 5.54. The highest BCUT2D eigenvalue weighted by atomic mass is 16.5. The lowest BCUT2D eigenvalue weighted by Crippen LogP contribution is -2.25. The van der Waals surface area contributed by atoms with Crippen LogP contribution >= 0.6 is 0 Å². The molecule has 2 aromatic carbocycles. The molecule has 1 amide bonds. The van der Waals surface area contributed by atoms with E-state index in [9.17, 15) is 4.79 Å². The molecule has 0 radical (unpaired) electrons. The Kier molecular flexibility index (Phi) is 5.95. The van der Waals surface area contributed by atoms with Crippen LogP contribution in [0.1, 0.15) is 23.6 Å². The highest BCUT2D eigenvalue weighted by Gasteiger charge is 2.07. The van der Waals surface area contributed by atoms with Gasteiger partial charge in [-0.05, 0) is 56.2 Å². The third kappa shape index (κ3) is 4.84. The normalized spacial score (nSPS) is 11.1. The van der Waals surface area contributed by atoms with Gasteiger partial charge in [0.1, 0.15) is 11.5 Å². The quantitative estimate of drug-likeness (QED) is 0.655. The molecule has 0 bridgehead atoms. The lowest BCUT2D eigenvalue weighted by molar-refractivity contribution is -0.123. The summed E-state index contributed by atoms with van der Waals surface area (Å²) in [6.07, 6.45) is 0. The third-order valence-corrected chi connectivity index (χ3v) is 3.41. The number of rotatable bonds is 6. The standard InChI is InChI=1S/C19H22N2O3/c1-13-9-14(2)11-16(10-13)24-12-19(22)21-20-15(3)17-7-5-6-8-18(17)23-4/h5-11H,12H2,1-4H3,(H,21,22)/b20-15-. The highest BCUT2D eigenvalue weighted by molar-refractivity contribution is 6.01. The van der Waals surface area contributed by atoms with Crippen LogP contribution in [0.4, 0.5) is 0 Å². The lowest BCUT2D eigenvalue weighted by Gasteiger charge is -2.09. The van der Waals surface area contributed by atoms with Gasteiger partial charge in [-0.2, -0.15) is 5.10 Å². The molecular formula is C19H22N2O3. The largest absolute Gasteiger partial charge is 0.496 e. The van der Waals surface area contributed by atoms with Crippen LogP contribution in [0.15, 0.2) is 47.6 Å². The summed E-state index contributed by atoms with van der Waals surface area (Å²) in [7, 11) is 1.60. The van der Waals surface area contributed by atoms with Crippen LogP contribution in [-0.2, 0) is 4.79 Å². The maximum atomic E-state index is 11.9. The maximum absolute atomic E-state index is 11.9. The fourth-order valence-electron chi connectivity index (χ4n) is 2.35. The van der Waals surface area contributed by atoms with Gasteiger partial charge in [0.05, 0.1) is 12.8 Å². The Labute approximate surface area is 142 Å². The second kappa shape index (κ2) is 8.15. The molecule has 0 aliphatic rings. The summed E-state index contributed by atoms with van der Waals surface area (Å²) in [6.45, 7) is 5.69. The van der Waals surface area contributed by atoms with Crippen LogP contribution in [0.25, 0.3) is 0 Å². The summed E-state index contributed by atoms with van der Waals surface area (Å²) < 4.78 is 10.8. The first-order valence-electron chi connectivity index (χ1n) is 7.67. The number of amides is 1. The summed E-state index contributed by atoms with van der Waals surface area (Å²) in [5, 5.41) is 4.11. The Morgan fingerprint density at radius 3 is 2.46 bits per heavy atom. The van der Waals surface area contributed by atoms with Crippen molar-refractivity contribution in [1.29, 1.82) is 0 Å². The zero-order valence-corrected chi connectivity index (χ0v) is 14.4. The van der Waals surface area contributed by atoms with E-state index in [4.69, 9.17) is 9.47 Å². The van der Waals surface area contributed by atoms with Crippen molar-refractivity contribution < 1.29 is 14.3 Å². The predicted molar refractivity (Wildman–Crippen MR) is 94.8 cm³/mol. The lowest BCUT2D eigenvalue weighted by atomic mass is 10.1. The molecule has 2 rings (SSSR count). The smallest absolute Gasteiger partial charge is 0.277 e. The van der Waals surface area contributed by atoms with E-state index in [1.54, 1.807) is 7.11 Å². The number of ether oxygens (including phenoxy) is 2. The van der Waals surface area contributed by atoms with Gasteiger partial charge < -0.3 is 9.47 Å². The molecule has 0 saturated carbocycles. The number of nitrogens with zero attached hydrogens (tertiary/aromatic N) is 1. The third-order valence-electron chi connectivity index (χ3n) is 3.41. The molecule has 0 aliphatic heterocycles. The number of benzene rings is 2. The molecule has 0 fully saturated rings. The monoisotopic (exact) mass is 326 g/mol. The van der Waals surface area contributed by atoms with E-state index in [1.165, 1.54) is 0 Å². The zero-order valence-electron chi connectivity index (χ0n) is 14.4. The number of aryl methyl sites for hydroxylation is 2. The Bertz CT molecular complexity index is 734. The average molecular weight is 326 g/mol. The van der Waals surface area contributed by atoms with Crippen molar-refractivity contribution in [3.05, 3.63) is 59.2 Å². The maximum Gasteiger partial charge on any atom is 0.277 e. The summed E-state index contributed by atoms with van der Waals surface area (Å²) in [5.74, 6) is 1.07. The van der Waals surface area contributed by atoms with Crippen LogP contribution in [0, 0.1) is 13.8 Å². The molecule has 2 aromatic rings. The summed E-state index contributed by atoms with van der Waals surface area (Å²) in [4.78, 5) is 11.9. The van der Waals surface area contributed by atoms with E-state index in [1.807, 2.05) is 63.2 Å². The number of carbonyl (C=O) groups is 1. The predicted octanol–water partition coefficient (Wildman–Crippen LogP) is 3.23. The van der Waals surface area contributed by atoms with Crippen molar-refractivity contribution in [2.75, 3.05) is 13.7 Å². The van der Waals surface area contributed by atoms with Gasteiger partial charge in [0.25, 0.3) is 5.91 Å². The minimum Gasteiger partial charge on any atom is -0.496 e. The van der Waals surface area contributed by atoms with Gasteiger partial charge in [0, 0.05) is 5.56 Å². The molecule has 0 saturated heterocycles. The van der Waals surface area contributed by atoms with E-state index in [0.29, 0.717) is 17.2 Å². The molecule has 1 N–H and O–H groups in total. The zero-order chi connectivity index (χ0) is 17.5. The first-order chi connectivity index (χ1) is 11.5. The van der Waals surface area contributed by atoms with Gasteiger partial charge in [-0.1, -0.05) is 18.2 Å². The van der Waals surface area contributed by atoms with Gasteiger partial charge in [-0.15, -0.1) is 0 Å². The minimum atomic E-state index is -0.316. The summed E-state index contributed by atoms with van der Waals surface area (Å²) >= 11 is 0. The topological polar surface area (TPSA) is 59.9 Å². The molecule has 0 unspecified atom stereocenters. The fourth-order valence-corrected chi connectivity index (χ4v) is 2.35. The molecule has 126 valence electrons. The Balaban J connectivity index is 1.94. The van der Waals surface area contributed by atoms with E-state index in [-0.39, 0.29) is 12.5 Å². The van der Waals surface area contributed by atoms with Gasteiger partial charge in [-0.3, -0.25) is 4.79 Å². The Morgan fingerprint density at radius 2 is 1.79 bits per heavy atom. The van der Waals surface area contributed by atoms with Gasteiger partial charge in [0.15, 0.2) is 6.61 Å². The van der Waals surface area contributed by atoms with Crippen molar-refractivity contribution >= 4 is 11.6 Å². The van der Waals surface area contributed by atoms with E-state index in [0.717, 1.165) is 16.7 Å². The SMILES string of the molecule is COc1ccccc1/C(C)=N\NC(=O)COc1cc(C)cc(C)c1. The fraction of sp³-hybridized carbons (Fsp3) is 0.263. The van der Waals surface area contributed by atoms with Crippen LogP contribution in [-0.4, -0.2) is 25.3 Å². The molecule has 5 nitrogen and oxygen atoms in total. The molecule has 0 aliphatic carbocycles. The van der Waals surface area contributed by atoms with Gasteiger partial charge >= 0.3 is 0 Å². The number of nitrogens with one attached hydrogen (secondary N) is 1. The van der Waals surface area contributed by atoms with Crippen LogP contribution < -0.4 is 14.9 Å². The molecule has 0 heterocycles. The Morgan fingerprint density at radius 1 is 1.12 bits per heavy atom. The Hall–Kier alpha value is -2.82. The first-order valence-corrected chi connectivity index (χ1v) is 7.67. The van der Waals surface area contributed by atoms with E-state index in [2.05, 4.69) is 10.5 Å². The summed E-state index contributed by atoms with van der Waals surface area (Å²) in [5.41, 5.74) is 6.17. The number of hydrogen-bond donors (Lipinski definition) is 1. The van der Waals surface area contributed by atoms with Crippen LogP contribution in [0.3, 0.4) is 0 Å². The number of hydrazone groups is 1. The van der Waals surface area contributed by atoms with Crippen molar-refractivity contribution in [3.8, 4) is 11.5 Å². The van der Waals surface area contributed by atoms with Gasteiger partial charge in [0.2, 0.25) is 0 Å². The van der Waals surface area contributed by atoms with Crippen LogP contribution in [0.2, 0.25) is 0 Å². The second-order valence-corrected chi connectivity index (χ2v) is 5.54. The molecule has 0 atom stereocenters. The molecule has 5 heteroatoms. The summed E-state index contributed by atoms with van der Waals surface area (Å²) in [6, 6.07) is 13.3. The van der Waals surface area contributed by atoms with Crippen molar-refractivity contribution in [2.45, 2.75) is 20.8 Å². The number of methoxy groups -OCH3 is 1. The van der Waals surface area contributed by atoms with E-state index < -0.39 is 0 Å². The van der Waals surface area contributed by atoms with Crippen molar-refractivity contribution in [3.63, 3.8) is 0 Å². The number of carbonyl (C=O) groups excluding carboxylic acids is 1. The van der Waals surface area contributed by atoms with Gasteiger partial charge in [-0.25, -0.2) is 5.43 Å². The van der Waals surface area contributed by atoms with Crippen molar-refractivity contribution in [2.24, 2.45) is 5.10 Å². The first kappa shape index (κ1) is 17.5. The van der Waals surface area contributed by atoms with Crippen molar-refractivity contribution in [1.82, 2.24) is 5.43 Å². The average Bonchev–Trinajstić information content (AvgIpc) is 2.57. The van der Waals surface area contributed by atoms with Crippen LogP contribution in [0.5, 0.6) is 11.5 Å². The minimum absolute atomic E-state index is 0.0917. The molecule has 0 spiro atoms. The molecule has 24 heavy (non-hydrogen) atoms. The number of para-hydroxylation sites is 1. The molecule has 0 aromatic heterocycles.